The van der Waals surface area contributed by atoms with Crippen LogP contribution in [-0.2, 0) is 14.4 Å². The van der Waals surface area contributed by atoms with Gasteiger partial charge in [-0.05, 0) is 30.6 Å². The number of rotatable bonds is 8. The summed E-state index contributed by atoms with van der Waals surface area (Å²) in [5, 5.41) is 26.0. The first-order chi connectivity index (χ1) is 11.9. The standard InChI is InChI=1S/C18H33N3O5/c1-11(2)10-19-14(23)9-13(22)17(25)21(26)15(18(3,4)5)16(24)20-12-7-6-8-12/h11-13,15,22,26H,6-10H2,1-5H3,(H,19,23)(H,20,24)/t13-,15+/m0/s1. The molecule has 4 N–H and O–H groups in total. The molecule has 0 unspecified atom stereocenters. The zero-order valence-corrected chi connectivity index (χ0v) is 16.4. The van der Waals surface area contributed by atoms with Crippen LogP contribution in [-0.4, -0.2) is 57.8 Å². The first kappa shape index (κ1) is 22.4. The molecule has 0 aromatic rings. The third-order valence-corrected chi connectivity index (χ3v) is 4.36. The molecule has 1 rings (SSSR count). The maximum atomic E-state index is 12.5. The molecule has 150 valence electrons. The van der Waals surface area contributed by atoms with Crippen molar-refractivity contribution in [2.24, 2.45) is 11.3 Å². The van der Waals surface area contributed by atoms with Crippen molar-refractivity contribution >= 4 is 17.7 Å². The second-order valence-corrected chi connectivity index (χ2v) is 8.51. The van der Waals surface area contributed by atoms with E-state index >= 15 is 0 Å². The van der Waals surface area contributed by atoms with Crippen LogP contribution in [0.3, 0.4) is 0 Å². The van der Waals surface area contributed by atoms with Gasteiger partial charge in [-0.1, -0.05) is 34.6 Å². The van der Waals surface area contributed by atoms with Crippen LogP contribution in [0.15, 0.2) is 0 Å². The van der Waals surface area contributed by atoms with Crippen molar-refractivity contribution in [2.45, 2.75) is 78.5 Å². The fourth-order valence-corrected chi connectivity index (χ4v) is 2.64. The number of hydroxylamine groups is 2. The van der Waals surface area contributed by atoms with E-state index in [-0.39, 0.29) is 17.0 Å². The molecule has 1 saturated carbocycles. The van der Waals surface area contributed by atoms with Gasteiger partial charge < -0.3 is 15.7 Å². The van der Waals surface area contributed by atoms with Crippen molar-refractivity contribution in [3.63, 3.8) is 0 Å². The molecule has 0 aromatic carbocycles. The highest BCUT2D eigenvalue weighted by Crippen LogP contribution is 2.26. The van der Waals surface area contributed by atoms with Crippen LogP contribution in [0.4, 0.5) is 0 Å². The monoisotopic (exact) mass is 371 g/mol. The van der Waals surface area contributed by atoms with E-state index in [1.165, 1.54) is 0 Å². The average Bonchev–Trinajstić information content (AvgIpc) is 2.46. The smallest absolute Gasteiger partial charge is 0.276 e. The summed E-state index contributed by atoms with van der Waals surface area (Å²) in [6.07, 6.45) is 0.607. The van der Waals surface area contributed by atoms with Crippen molar-refractivity contribution in [1.82, 2.24) is 15.7 Å². The fourth-order valence-electron chi connectivity index (χ4n) is 2.64. The highest BCUT2D eigenvalue weighted by Gasteiger charge is 2.41. The number of amides is 3. The number of hydrogen-bond donors (Lipinski definition) is 4. The van der Waals surface area contributed by atoms with Crippen molar-refractivity contribution in [1.29, 1.82) is 0 Å². The van der Waals surface area contributed by atoms with Crippen LogP contribution >= 0.6 is 0 Å². The molecule has 1 aliphatic rings. The zero-order chi connectivity index (χ0) is 20.1. The first-order valence-corrected chi connectivity index (χ1v) is 9.20. The van der Waals surface area contributed by atoms with E-state index in [9.17, 15) is 24.7 Å². The molecule has 0 heterocycles. The van der Waals surface area contributed by atoms with Gasteiger partial charge in [0.1, 0.15) is 12.1 Å². The van der Waals surface area contributed by atoms with Gasteiger partial charge in [-0.15, -0.1) is 0 Å². The van der Waals surface area contributed by atoms with E-state index < -0.39 is 41.7 Å². The third-order valence-electron chi connectivity index (χ3n) is 4.36. The van der Waals surface area contributed by atoms with E-state index in [0.29, 0.717) is 6.54 Å². The van der Waals surface area contributed by atoms with Crippen LogP contribution in [0.25, 0.3) is 0 Å². The molecule has 8 nitrogen and oxygen atoms in total. The molecule has 1 aliphatic carbocycles. The van der Waals surface area contributed by atoms with Crippen molar-refractivity contribution in [2.75, 3.05) is 6.54 Å². The Morgan fingerprint density at radius 1 is 1.19 bits per heavy atom. The molecule has 0 radical (unpaired) electrons. The van der Waals surface area contributed by atoms with E-state index in [0.717, 1.165) is 19.3 Å². The summed E-state index contributed by atoms with van der Waals surface area (Å²) in [6, 6.07) is -1.11. The molecular weight excluding hydrogens is 338 g/mol. The molecule has 2 atom stereocenters. The largest absolute Gasteiger partial charge is 0.383 e. The second kappa shape index (κ2) is 9.32. The van der Waals surface area contributed by atoms with Gasteiger partial charge >= 0.3 is 0 Å². The number of aliphatic hydroxyl groups is 1. The van der Waals surface area contributed by atoms with Crippen LogP contribution in [0.2, 0.25) is 0 Å². The minimum absolute atomic E-state index is 0.0580. The van der Waals surface area contributed by atoms with Gasteiger partial charge in [0.2, 0.25) is 11.8 Å². The molecule has 0 aliphatic heterocycles. The maximum Gasteiger partial charge on any atom is 0.276 e. The van der Waals surface area contributed by atoms with E-state index in [1.54, 1.807) is 20.8 Å². The lowest BCUT2D eigenvalue weighted by atomic mass is 9.84. The topological polar surface area (TPSA) is 119 Å². The van der Waals surface area contributed by atoms with Crippen molar-refractivity contribution in [3.8, 4) is 0 Å². The summed E-state index contributed by atoms with van der Waals surface area (Å²) in [4.78, 5) is 36.7. The Kier molecular flexibility index (Phi) is 8.02. The SMILES string of the molecule is CC(C)CNC(=O)C[C@H](O)C(=O)N(O)[C@H](C(=O)NC1CCC1)C(C)(C)C. The molecule has 8 heteroatoms. The second-order valence-electron chi connectivity index (χ2n) is 8.51. The van der Waals surface area contributed by atoms with Gasteiger partial charge in [0.25, 0.3) is 5.91 Å². The van der Waals surface area contributed by atoms with Gasteiger partial charge in [-0.3, -0.25) is 19.6 Å². The lowest BCUT2D eigenvalue weighted by Gasteiger charge is -2.37. The Hall–Kier alpha value is -1.67. The molecular formula is C18H33N3O5. The Morgan fingerprint density at radius 3 is 2.19 bits per heavy atom. The van der Waals surface area contributed by atoms with Crippen LogP contribution in [0.5, 0.6) is 0 Å². The number of nitrogens with one attached hydrogen (secondary N) is 2. The summed E-state index contributed by atoms with van der Waals surface area (Å²) < 4.78 is 0. The fraction of sp³-hybridized carbons (Fsp3) is 0.833. The van der Waals surface area contributed by atoms with E-state index in [2.05, 4.69) is 10.6 Å². The molecule has 3 amide bonds. The van der Waals surface area contributed by atoms with Gasteiger partial charge in [0, 0.05) is 12.6 Å². The van der Waals surface area contributed by atoms with Crippen molar-refractivity contribution < 1.29 is 24.7 Å². The Labute approximate surface area is 155 Å². The van der Waals surface area contributed by atoms with Gasteiger partial charge in [-0.2, -0.15) is 0 Å². The Bertz CT molecular complexity index is 511. The third kappa shape index (κ3) is 6.57. The summed E-state index contributed by atoms with van der Waals surface area (Å²) >= 11 is 0. The number of nitrogens with zero attached hydrogens (tertiary/aromatic N) is 1. The first-order valence-electron chi connectivity index (χ1n) is 9.20. The predicted molar refractivity (Wildman–Crippen MR) is 96.1 cm³/mol. The lowest BCUT2D eigenvalue weighted by molar-refractivity contribution is -0.197. The summed E-state index contributed by atoms with van der Waals surface area (Å²) in [5.74, 6) is -1.77. The minimum atomic E-state index is -1.71. The Balaban J connectivity index is 2.72. The normalized spacial score (nSPS) is 17.2. The van der Waals surface area contributed by atoms with Crippen molar-refractivity contribution in [3.05, 3.63) is 0 Å². The summed E-state index contributed by atoms with van der Waals surface area (Å²) in [5.41, 5.74) is -0.752. The number of carbonyl (C=O) groups is 3. The average molecular weight is 371 g/mol. The molecule has 0 spiro atoms. The molecule has 0 aromatic heterocycles. The number of hydrogen-bond acceptors (Lipinski definition) is 5. The predicted octanol–water partition coefficient (Wildman–Crippen LogP) is 0.811. The van der Waals surface area contributed by atoms with Crippen LogP contribution in [0.1, 0.15) is 60.3 Å². The minimum Gasteiger partial charge on any atom is -0.383 e. The zero-order valence-electron chi connectivity index (χ0n) is 16.4. The molecule has 0 bridgehead atoms. The lowest BCUT2D eigenvalue weighted by Crippen LogP contribution is -2.58. The molecule has 0 saturated heterocycles. The van der Waals surface area contributed by atoms with Crippen LogP contribution in [0, 0.1) is 11.3 Å². The summed E-state index contributed by atoms with van der Waals surface area (Å²) in [7, 11) is 0. The quantitative estimate of drug-likeness (QED) is 0.372. The number of aliphatic hydroxyl groups excluding tert-OH is 1. The van der Waals surface area contributed by atoms with Crippen LogP contribution < -0.4 is 10.6 Å². The van der Waals surface area contributed by atoms with Gasteiger partial charge in [-0.25, -0.2) is 5.06 Å². The molecule has 1 fully saturated rings. The Morgan fingerprint density at radius 2 is 1.77 bits per heavy atom. The highest BCUT2D eigenvalue weighted by molar-refractivity contribution is 5.91. The maximum absolute atomic E-state index is 12.5. The van der Waals surface area contributed by atoms with Gasteiger partial charge in [0.15, 0.2) is 0 Å². The van der Waals surface area contributed by atoms with E-state index in [4.69, 9.17) is 0 Å². The summed E-state index contributed by atoms with van der Waals surface area (Å²) in [6.45, 7) is 9.43. The van der Waals surface area contributed by atoms with E-state index in [1.807, 2.05) is 13.8 Å². The molecule has 26 heavy (non-hydrogen) atoms. The highest BCUT2D eigenvalue weighted by atomic mass is 16.5. The number of carbonyl (C=O) groups excluding carboxylic acids is 3. The van der Waals surface area contributed by atoms with Gasteiger partial charge in [0.05, 0.1) is 6.42 Å².